The predicted molar refractivity (Wildman–Crippen MR) is 31.0 cm³/mol. The predicted octanol–water partition coefficient (Wildman–Crippen LogP) is -0.269. The van der Waals surface area contributed by atoms with E-state index in [0.29, 0.717) is 19.1 Å². The van der Waals surface area contributed by atoms with Crippen LogP contribution in [0.15, 0.2) is 0 Å². The Morgan fingerprint density at radius 1 is 1.75 bits per heavy atom. The van der Waals surface area contributed by atoms with Gasteiger partial charge in [0.2, 0.25) is 0 Å². The molecule has 0 aliphatic carbocycles. The van der Waals surface area contributed by atoms with Gasteiger partial charge in [0.1, 0.15) is 5.94 Å². The highest BCUT2D eigenvalue weighted by Crippen LogP contribution is 1.99. The maximum atomic E-state index is 10.6. The average Bonchev–Trinajstić information content (AvgIpc) is 1.77. The highest BCUT2D eigenvalue weighted by molar-refractivity contribution is 7.82. The standard InChI is InChI=1S/C4H8NO2S/c1-5-2-3-7-4-8(5)6/h1-4H2/q-1. The highest BCUT2D eigenvalue weighted by atomic mass is 32.2. The molecule has 48 valence electrons. The van der Waals surface area contributed by atoms with Gasteiger partial charge in [0.05, 0.1) is 17.6 Å². The normalized spacial score (nSPS) is 32.9. The van der Waals surface area contributed by atoms with Crippen LogP contribution in [0.25, 0.3) is 0 Å². The number of rotatable bonds is 0. The lowest BCUT2D eigenvalue weighted by Gasteiger charge is -2.27. The molecule has 1 heterocycles. The molecule has 0 N–H and O–H groups in total. The van der Waals surface area contributed by atoms with Gasteiger partial charge >= 0.3 is 0 Å². The summed E-state index contributed by atoms with van der Waals surface area (Å²) in [7, 11) is 2.55. The third-order valence-electron chi connectivity index (χ3n) is 0.957. The smallest absolute Gasteiger partial charge is 0.134 e. The first kappa shape index (κ1) is 6.19. The number of ether oxygens (including phenoxy) is 1. The van der Waals surface area contributed by atoms with E-state index in [2.05, 4.69) is 7.05 Å². The molecule has 0 aromatic rings. The van der Waals surface area contributed by atoms with E-state index in [1.54, 1.807) is 0 Å². The molecule has 0 aromatic heterocycles. The third-order valence-corrected chi connectivity index (χ3v) is 2.08. The molecule has 1 saturated heterocycles. The van der Waals surface area contributed by atoms with E-state index in [1.165, 1.54) is 4.31 Å². The molecular formula is C4H8NO2S-. The summed E-state index contributed by atoms with van der Waals surface area (Å²) in [6.45, 7) is 1.32. The Kier molecular flexibility index (Phi) is 1.99. The van der Waals surface area contributed by atoms with Crippen LogP contribution in [0.5, 0.6) is 0 Å². The minimum atomic E-state index is -0.985. The summed E-state index contributed by atoms with van der Waals surface area (Å²) in [4.78, 5) is 0. The van der Waals surface area contributed by atoms with Crippen LogP contribution in [0.4, 0.5) is 0 Å². The van der Waals surface area contributed by atoms with Crippen molar-refractivity contribution in [1.82, 2.24) is 4.31 Å². The van der Waals surface area contributed by atoms with Crippen molar-refractivity contribution in [3.8, 4) is 0 Å². The first-order valence-corrected chi connectivity index (χ1v) is 3.62. The minimum Gasteiger partial charge on any atom is -0.374 e. The van der Waals surface area contributed by atoms with Crippen LogP contribution in [0.2, 0.25) is 0 Å². The second-order valence-corrected chi connectivity index (χ2v) is 2.95. The fourth-order valence-electron chi connectivity index (χ4n) is 0.473. The molecule has 4 heteroatoms. The van der Waals surface area contributed by atoms with Crippen LogP contribution in [0.3, 0.4) is 0 Å². The van der Waals surface area contributed by atoms with E-state index < -0.39 is 11.0 Å². The molecule has 1 fully saturated rings. The van der Waals surface area contributed by atoms with Crippen molar-refractivity contribution in [3.05, 3.63) is 7.05 Å². The van der Waals surface area contributed by atoms with Gasteiger partial charge in [-0.1, -0.05) is 0 Å². The second kappa shape index (κ2) is 2.57. The lowest BCUT2D eigenvalue weighted by atomic mass is 10.7. The molecule has 0 spiro atoms. The summed E-state index contributed by atoms with van der Waals surface area (Å²) < 4.78 is 17.0. The summed E-state index contributed by atoms with van der Waals surface area (Å²) in [6, 6.07) is 0. The van der Waals surface area contributed by atoms with Gasteiger partial charge in [-0.25, -0.2) is 4.21 Å². The van der Waals surface area contributed by atoms with Crippen molar-refractivity contribution in [3.63, 3.8) is 0 Å². The van der Waals surface area contributed by atoms with Crippen LogP contribution in [0.1, 0.15) is 0 Å². The topological polar surface area (TPSA) is 29.5 Å². The van der Waals surface area contributed by atoms with E-state index in [-0.39, 0.29) is 0 Å². The van der Waals surface area contributed by atoms with Gasteiger partial charge < -0.3 is 9.04 Å². The summed E-state index contributed by atoms with van der Waals surface area (Å²) >= 11 is 0. The summed E-state index contributed by atoms with van der Waals surface area (Å²) in [6.07, 6.45) is 0. The van der Waals surface area contributed by atoms with Gasteiger partial charge in [0.15, 0.2) is 0 Å². The molecule has 0 radical (unpaired) electrons. The van der Waals surface area contributed by atoms with Crippen LogP contribution in [-0.2, 0) is 15.7 Å². The van der Waals surface area contributed by atoms with Crippen molar-refractivity contribution in [2.45, 2.75) is 0 Å². The molecule has 0 aromatic carbocycles. The fourth-order valence-corrected chi connectivity index (χ4v) is 1.16. The lowest BCUT2D eigenvalue weighted by Crippen LogP contribution is -2.31. The van der Waals surface area contributed by atoms with E-state index >= 15 is 0 Å². The molecule has 1 atom stereocenters. The quantitative estimate of drug-likeness (QED) is 0.427. The third kappa shape index (κ3) is 1.27. The minimum absolute atomic E-state index is 0.309. The van der Waals surface area contributed by atoms with Gasteiger partial charge in [0, 0.05) is 6.54 Å². The molecule has 1 unspecified atom stereocenters. The zero-order valence-electron chi connectivity index (χ0n) is 4.50. The monoisotopic (exact) mass is 134 g/mol. The van der Waals surface area contributed by atoms with Crippen molar-refractivity contribution in [2.75, 3.05) is 19.1 Å². The van der Waals surface area contributed by atoms with E-state index in [1.807, 2.05) is 0 Å². The number of hydrogen-bond acceptors (Lipinski definition) is 2. The Balaban J connectivity index is 2.39. The Labute approximate surface area is 51.2 Å². The van der Waals surface area contributed by atoms with E-state index in [9.17, 15) is 4.21 Å². The Bertz CT molecular complexity index is 106. The van der Waals surface area contributed by atoms with Crippen LogP contribution >= 0.6 is 0 Å². The molecule has 1 aliphatic rings. The van der Waals surface area contributed by atoms with Crippen LogP contribution in [0, 0.1) is 7.05 Å². The zero-order chi connectivity index (χ0) is 5.98. The Hall–Kier alpha value is 0.0700. The Morgan fingerprint density at radius 3 is 2.88 bits per heavy atom. The van der Waals surface area contributed by atoms with Crippen molar-refractivity contribution < 1.29 is 8.95 Å². The van der Waals surface area contributed by atoms with Crippen molar-refractivity contribution in [1.29, 1.82) is 0 Å². The maximum Gasteiger partial charge on any atom is 0.134 e. The molecule has 0 amide bonds. The number of hydrogen-bond donors (Lipinski definition) is 0. The Morgan fingerprint density at radius 2 is 2.50 bits per heavy atom. The molecule has 3 nitrogen and oxygen atoms in total. The van der Waals surface area contributed by atoms with Gasteiger partial charge in [-0.3, -0.25) is 7.05 Å². The van der Waals surface area contributed by atoms with Crippen molar-refractivity contribution >= 4 is 11.0 Å². The largest absolute Gasteiger partial charge is 0.374 e. The lowest BCUT2D eigenvalue weighted by molar-refractivity contribution is 0.151. The summed E-state index contributed by atoms with van der Waals surface area (Å²) in [5.41, 5.74) is 0. The van der Waals surface area contributed by atoms with Crippen LogP contribution < -0.4 is 0 Å². The molecule has 0 saturated carbocycles. The number of nitrogens with zero attached hydrogens (tertiary/aromatic N) is 1. The van der Waals surface area contributed by atoms with E-state index in [0.717, 1.165) is 0 Å². The first-order chi connectivity index (χ1) is 3.80. The highest BCUT2D eigenvalue weighted by Gasteiger charge is 2.06. The van der Waals surface area contributed by atoms with Gasteiger partial charge in [-0.15, -0.1) is 0 Å². The molecular weight excluding hydrogens is 126 g/mol. The SMILES string of the molecule is [CH2-]N1CCOCS1=O. The summed E-state index contributed by atoms with van der Waals surface area (Å²) in [5.74, 6) is 0.309. The zero-order valence-corrected chi connectivity index (χ0v) is 5.32. The maximum absolute atomic E-state index is 10.6. The van der Waals surface area contributed by atoms with Gasteiger partial charge in [0.25, 0.3) is 0 Å². The van der Waals surface area contributed by atoms with E-state index in [4.69, 9.17) is 4.74 Å². The molecule has 8 heavy (non-hydrogen) atoms. The molecule has 0 bridgehead atoms. The molecule has 1 aliphatic heterocycles. The summed E-state index contributed by atoms with van der Waals surface area (Å²) in [5, 5.41) is 0. The van der Waals surface area contributed by atoms with Crippen molar-refractivity contribution in [2.24, 2.45) is 0 Å². The molecule has 1 rings (SSSR count). The first-order valence-electron chi connectivity index (χ1n) is 2.35. The van der Waals surface area contributed by atoms with Crippen LogP contribution in [-0.4, -0.2) is 27.6 Å². The van der Waals surface area contributed by atoms with Gasteiger partial charge in [-0.2, -0.15) is 0 Å². The fraction of sp³-hybridized carbons (Fsp3) is 0.750. The second-order valence-electron chi connectivity index (χ2n) is 1.55. The van der Waals surface area contributed by atoms with Gasteiger partial charge in [-0.05, 0) is 0 Å². The average molecular weight is 134 g/mol.